The first-order chi connectivity index (χ1) is 11.8. The Morgan fingerprint density at radius 3 is 2.96 bits per heavy atom. The lowest BCUT2D eigenvalue weighted by Gasteiger charge is -2.28. The molecular formula is C18H16N4OS. The van der Waals surface area contributed by atoms with Crippen molar-refractivity contribution >= 4 is 28.7 Å². The molecule has 0 N–H and O–H groups in total. The van der Waals surface area contributed by atoms with Crippen LogP contribution in [0.5, 0.6) is 0 Å². The van der Waals surface area contributed by atoms with Gasteiger partial charge in [-0.2, -0.15) is 0 Å². The summed E-state index contributed by atoms with van der Waals surface area (Å²) in [4.78, 5) is 28.4. The van der Waals surface area contributed by atoms with Crippen LogP contribution in [0, 0.1) is 0 Å². The minimum absolute atomic E-state index is 0.161. The fraction of sp³-hybridized carbons (Fsp3) is 0.222. The summed E-state index contributed by atoms with van der Waals surface area (Å²) in [6, 6.07) is 9.88. The van der Waals surface area contributed by atoms with Crippen molar-refractivity contribution in [2.75, 3.05) is 12.3 Å². The number of carbonyl (C=O) groups excluding carboxylic acids is 1. The number of nitrogens with zero attached hydrogens (tertiary/aromatic N) is 4. The molecule has 0 saturated heterocycles. The number of carbonyl (C=O) groups is 1. The number of amides is 1. The first-order valence-electron chi connectivity index (χ1n) is 7.84. The lowest BCUT2D eigenvalue weighted by Crippen LogP contribution is -2.37. The maximum atomic E-state index is 12.5. The number of pyridine rings is 3. The van der Waals surface area contributed by atoms with Gasteiger partial charge in [-0.05, 0) is 35.9 Å². The molecule has 0 radical (unpaired) electrons. The molecule has 0 saturated carbocycles. The molecular weight excluding hydrogens is 320 g/mol. The average molecular weight is 336 g/mol. The van der Waals surface area contributed by atoms with Crippen LogP contribution in [0.3, 0.4) is 0 Å². The van der Waals surface area contributed by atoms with Gasteiger partial charge in [-0.15, -0.1) is 11.8 Å². The van der Waals surface area contributed by atoms with Crippen LogP contribution in [0.2, 0.25) is 0 Å². The highest BCUT2D eigenvalue weighted by Crippen LogP contribution is 2.23. The highest BCUT2D eigenvalue weighted by atomic mass is 32.2. The van der Waals surface area contributed by atoms with Gasteiger partial charge in [-0.3, -0.25) is 9.78 Å². The molecule has 1 aliphatic rings. The number of thioether (sulfide) groups is 1. The van der Waals surface area contributed by atoms with Crippen molar-refractivity contribution in [2.45, 2.75) is 17.9 Å². The summed E-state index contributed by atoms with van der Waals surface area (Å²) >= 11 is 1.55. The van der Waals surface area contributed by atoms with Gasteiger partial charge in [0.15, 0.2) is 5.65 Å². The maximum absolute atomic E-state index is 12.5. The zero-order valence-electron chi connectivity index (χ0n) is 13.1. The summed E-state index contributed by atoms with van der Waals surface area (Å²) in [5.41, 5.74) is 2.97. The van der Waals surface area contributed by atoms with Crippen LogP contribution in [0.15, 0.2) is 53.8 Å². The van der Waals surface area contributed by atoms with E-state index >= 15 is 0 Å². The standard InChI is InChI=1S/C18H16N4OS/c23-17(12-24-15-3-7-19-8-4-15)22-9-5-16-14(11-22)10-13-2-1-6-20-18(13)21-16/h1-4,6-8,10H,5,9,11-12H2. The molecule has 3 aromatic rings. The van der Waals surface area contributed by atoms with Crippen LogP contribution in [0.25, 0.3) is 11.0 Å². The molecule has 120 valence electrons. The number of rotatable bonds is 3. The molecule has 0 bridgehead atoms. The van der Waals surface area contributed by atoms with Crippen molar-refractivity contribution < 1.29 is 4.79 Å². The molecule has 4 heterocycles. The summed E-state index contributed by atoms with van der Waals surface area (Å²) in [5, 5.41) is 1.02. The Labute approximate surface area is 144 Å². The van der Waals surface area contributed by atoms with E-state index in [0.29, 0.717) is 18.8 Å². The minimum Gasteiger partial charge on any atom is -0.337 e. The molecule has 4 rings (SSSR count). The van der Waals surface area contributed by atoms with Gasteiger partial charge in [0, 0.05) is 54.1 Å². The minimum atomic E-state index is 0.161. The maximum Gasteiger partial charge on any atom is 0.233 e. The van der Waals surface area contributed by atoms with Crippen molar-refractivity contribution in [3.8, 4) is 0 Å². The van der Waals surface area contributed by atoms with Crippen LogP contribution >= 0.6 is 11.8 Å². The van der Waals surface area contributed by atoms with Crippen molar-refractivity contribution in [3.63, 3.8) is 0 Å². The molecule has 0 unspecified atom stereocenters. The smallest absolute Gasteiger partial charge is 0.233 e. The summed E-state index contributed by atoms with van der Waals surface area (Å²) in [6.07, 6.45) is 6.04. The molecule has 3 aromatic heterocycles. The van der Waals surface area contributed by atoms with Crippen LogP contribution in [0.4, 0.5) is 0 Å². The van der Waals surface area contributed by atoms with Crippen LogP contribution < -0.4 is 0 Å². The normalized spacial score (nSPS) is 13.8. The lowest BCUT2D eigenvalue weighted by atomic mass is 10.0. The van der Waals surface area contributed by atoms with E-state index in [-0.39, 0.29) is 5.91 Å². The van der Waals surface area contributed by atoms with Crippen molar-refractivity contribution in [1.82, 2.24) is 19.9 Å². The Bertz CT molecular complexity index is 885. The third-order valence-corrected chi connectivity index (χ3v) is 5.10. The molecule has 5 nitrogen and oxygen atoms in total. The van der Waals surface area contributed by atoms with Crippen molar-refractivity contribution in [2.24, 2.45) is 0 Å². The highest BCUT2D eigenvalue weighted by molar-refractivity contribution is 8.00. The zero-order chi connectivity index (χ0) is 16.4. The molecule has 24 heavy (non-hydrogen) atoms. The Morgan fingerprint density at radius 1 is 1.21 bits per heavy atom. The zero-order valence-corrected chi connectivity index (χ0v) is 13.9. The number of fused-ring (bicyclic) bond motifs is 2. The van der Waals surface area contributed by atoms with E-state index in [2.05, 4.69) is 21.0 Å². The van der Waals surface area contributed by atoms with Crippen LogP contribution in [-0.2, 0) is 17.8 Å². The Hall–Kier alpha value is -2.47. The quantitative estimate of drug-likeness (QED) is 0.688. The van der Waals surface area contributed by atoms with Crippen molar-refractivity contribution in [1.29, 1.82) is 0 Å². The monoisotopic (exact) mass is 336 g/mol. The van der Waals surface area contributed by atoms with Gasteiger partial charge in [0.2, 0.25) is 5.91 Å². The first-order valence-corrected chi connectivity index (χ1v) is 8.82. The fourth-order valence-corrected chi connectivity index (χ4v) is 3.64. The Balaban J connectivity index is 1.47. The summed E-state index contributed by atoms with van der Waals surface area (Å²) in [5.74, 6) is 0.607. The van der Waals surface area contributed by atoms with E-state index in [1.807, 2.05) is 29.2 Å². The van der Waals surface area contributed by atoms with E-state index < -0.39 is 0 Å². The SMILES string of the molecule is O=C(CSc1ccncc1)N1CCc2nc3ncccc3cc2C1. The van der Waals surface area contributed by atoms with Crippen LogP contribution in [0.1, 0.15) is 11.3 Å². The topological polar surface area (TPSA) is 59.0 Å². The molecule has 1 amide bonds. The van der Waals surface area contributed by atoms with Gasteiger partial charge in [0.1, 0.15) is 0 Å². The van der Waals surface area contributed by atoms with Gasteiger partial charge in [0.25, 0.3) is 0 Å². The Morgan fingerprint density at radius 2 is 2.08 bits per heavy atom. The second-order valence-electron chi connectivity index (χ2n) is 5.68. The number of aromatic nitrogens is 3. The van der Waals surface area contributed by atoms with E-state index in [9.17, 15) is 4.79 Å². The van der Waals surface area contributed by atoms with Gasteiger partial charge >= 0.3 is 0 Å². The summed E-state index contributed by atoms with van der Waals surface area (Å²) < 4.78 is 0. The molecule has 0 spiro atoms. The fourth-order valence-electron chi connectivity index (χ4n) is 2.85. The largest absolute Gasteiger partial charge is 0.337 e. The van der Waals surface area contributed by atoms with Gasteiger partial charge in [-0.25, -0.2) is 9.97 Å². The number of hydrogen-bond acceptors (Lipinski definition) is 5. The van der Waals surface area contributed by atoms with Gasteiger partial charge in [-0.1, -0.05) is 0 Å². The Kier molecular flexibility index (Phi) is 4.13. The predicted octanol–water partition coefficient (Wildman–Crippen LogP) is 2.70. The predicted molar refractivity (Wildman–Crippen MR) is 93.6 cm³/mol. The third-order valence-electron chi connectivity index (χ3n) is 4.10. The van der Waals surface area contributed by atoms with E-state index in [1.165, 1.54) is 0 Å². The average Bonchev–Trinajstić information content (AvgIpc) is 2.64. The van der Waals surface area contributed by atoms with Crippen molar-refractivity contribution in [3.05, 3.63) is 60.2 Å². The van der Waals surface area contributed by atoms with Gasteiger partial charge in [0.05, 0.1) is 5.75 Å². The number of hydrogen-bond donors (Lipinski definition) is 0. The molecule has 0 fully saturated rings. The van der Waals surface area contributed by atoms with E-state index in [0.717, 1.165) is 33.6 Å². The van der Waals surface area contributed by atoms with Crippen LogP contribution in [-0.4, -0.2) is 38.1 Å². The highest BCUT2D eigenvalue weighted by Gasteiger charge is 2.22. The van der Waals surface area contributed by atoms with E-state index in [4.69, 9.17) is 0 Å². The summed E-state index contributed by atoms with van der Waals surface area (Å²) in [7, 11) is 0. The molecule has 0 atom stereocenters. The van der Waals surface area contributed by atoms with E-state index in [1.54, 1.807) is 30.4 Å². The van der Waals surface area contributed by atoms with Gasteiger partial charge < -0.3 is 4.90 Å². The molecule has 0 aromatic carbocycles. The second kappa shape index (κ2) is 6.57. The molecule has 0 aliphatic carbocycles. The summed E-state index contributed by atoms with van der Waals surface area (Å²) in [6.45, 7) is 1.34. The molecule has 6 heteroatoms. The second-order valence-corrected chi connectivity index (χ2v) is 6.73. The lowest BCUT2D eigenvalue weighted by molar-refractivity contribution is -0.129. The first kappa shape index (κ1) is 15.1. The third kappa shape index (κ3) is 3.10. The molecule has 1 aliphatic heterocycles.